The van der Waals surface area contributed by atoms with Crippen molar-refractivity contribution in [3.63, 3.8) is 0 Å². The fourth-order valence-corrected chi connectivity index (χ4v) is 4.50. The minimum absolute atomic E-state index is 0.182. The van der Waals surface area contributed by atoms with E-state index < -0.39 is 10.8 Å². The van der Waals surface area contributed by atoms with E-state index in [4.69, 9.17) is 0 Å². The highest BCUT2D eigenvalue weighted by Gasteiger charge is 2.29. The van der Waals surface area contributed by atoms with E-state index in [1.807, 2.05) is 56.3 Å². The van der Waals surface area contributed by atoms with Crippen molar-refractivity contribution in [1.82, 2.24) is 9.78 Å². The first-order valence-corrected chi connectivity index (χ1v) is 9.92. The van der Waals surface area contributed by atoms with Gasteiger partial charge in [0.25, 0.3) is 5.91 Å². The Balaban J connectivity index is 1.80. The number of hydrogen-bond donors (Lipinski definition) is 1. The van der Waals surface area contributed by atoms with E-state index in [1.54, 1.807) is 10.7 Å². The Bertz CT molecular complexity index is 1040. The first-order valence-electron chi connectivity index (χ1n) is 8.43. The molecule has 2 aromatic carbocycles. The Labute approximate surface area is 154 Å². The Morgan fingerprint density at radius 1 is 1.04 bits per heavy atom. The van der Waals surface area contributed by atoms with E-state index in [2.05, 4.69) is 10.4 Å². The van der Waals surface area contributed by atoms with E-state index in [9.17, 15) is 9.00 Å². The van der Waals surface area contributed by atoms with Gasteiger partial charge in [0.15, 0.2) is 0 Å². The van der Waals surface area contributed by atoms with Crippen LogP contribution in [0.5, 0.6) is 0 Å². The van der Waals surface area contributed by atoms with Gasteiger partial charge in [-0.15, -0.1) is 0 Å². The fraction of sp³-hybridized carbons (Fsp3) is 0.200. The summed E-state index contributed by atoms with van der Waals surface area (Å²) in [5.74, 6) is 1.29. The van der Waals surface area contributed by atoms with Crippen LogP contribution in [-0.2, 0) is 22.3 Å². The number of nitrogens with one attached hydrogen (secondary N) is 1. The molecule has 1 aromatic heterocycles. The van der Waals surface area contributed by atoms with Crippen LogP contribution in [0.4, 0.5) is 5.82 Å². The number of rotatable bonds is 3. The molecular weight excluding hydrogens is 346 g/mol. The first-order chi connectivity index (χ1) is 12.5. The molecule has 132 valence electrons. The van der Waals surface area contributed by atoms with Crippen LogP contribution in [0.3, 0.4) is 0 Å². The number of carbonyl (C=O) groups excluding carboxylic acids is 1. The number of amides is 1. The third-order valence-corrected chi connectivity index (χ3v) is 5.84. The molecule has 1 amide bonds. The summed E-state index contributed by atoms with van der Waals surface area (Å²) >= 11 is 0. The predicted molar refractivity (Wildman–Crippen MR) is 103 cm³/mol. The molecule has 0 aliphatic carbocycles. The molecule has 0 radical (unpaired) electrons. The van der Waals surface area contributed by atoms with Gasteiger partial charge in [0.2, 0.25) is 0 Å². The lowest BCUT2D eigenvalue weighted by atomic mass is 10.1. The molecule has 0 unspecified atom stereocenters. The average Bonchev–Trinajstić information content (AvgIpc) is 3.13. The van der Waals surface area contributed by atoms with Gasteiger partial charge < -0.3 is 5.32 Å². The van der Waals surface area contributed by atoms with Crippen molar-refractivity contribution in [1.29, 1.82) is 0 Å². The monoisotopic (exact) mass is 365 g/mol. The summed E-state index contributed by atoms with van der Waals surface area (Å²) in [6.45, 7) is 3.92. The highest BCUT2D eigenvalue weighted by molar-refractivity contribution is 7.83. The van der Waals surface area contributed by atoms with Crippen molar-refractivity contribution >= 4 is 22.5 Å². The van der Waals surface area contributed by atoms with Gasteiger partial charge in [0.05, 0.1) is 22.9 Å². The zero-order valence-corrected chi connectivity index (χ0v) is 15.5. The maximum Gasteiger partial charge on any atom is 0.257 e. The van der Waals surface area contributed by atoms with E-state index >= 15 is 0 Å². The molecule has 6 heteroatoms. The van der Waals surface area contributed by atoms with Crippen molar-refractivity contribution < 1.29 is 9.00 Å². The number of nitrogens with zero attached hydrogens (tertiary/aromatic N) is 2. The molecular formula is C20H19N3O2S. The molecule has 0 spiro atoms. The normalized spacial score (nSPS) is 15.7. The summed E-state index contributed by atoms with van der Waals surface area (Å²) in [4.78, 5) is 12.9. The number of para-hydroxylation sites is 1. The summed E-state index contributed by atoms with van der Waals surface area (Å²) in [5, 5.41) is 7.67. The molecule has 0 saturated carbocycles. The Morgan fingerprint density at radius 2 is 1.73 bits per heavy atom. The van der Waals surface area contributed by atoms with Crippen LogP contribution < -0.4 is 5.32 Å². The second-order valence-corrected chi connectivity index (χ2v) is 7.93. The Hall–Kier alpha value is -2.73. The summed E-state index contributed by atoms with van der Waals surface area (Å²) in [6, 6.07) is 15.4. The number of anilines is 1. The molecule has 3 aromatic rings. The average molecular weight is 365 g/mol. The standard InChI is InChI=1S/C20H19N3O2S/c1-13-7-3-5-9-15(13)20(24)21-19-16-11-26(25)12-17(16)22-23(19)18-10-6-4-8-14(18)2/h3-10H,11-12H2,1-2H3,(H,21,24)/t26-/m0/s1. The zero-order chi connectivity index (χ0) is 18.3. The molecule has 1 N–H and O–H groups in total. The number of benzene rings is 2. The molecule has 0 bridgehead atoms. The van der Waals surface area contributed by atoms with Gasteiger partial charge in [-0.3, -0.25) is 9.00 Å². The largest absolute Gasteiger partial charge is 0.306 e. The molecule has 1 atom stereocenters. The number of aryl methyl sites for hydroxylation is 2. The number of hydrogen-bond acceptors (Lipinski definition) is 3. The van der Waals surface area contributed by atoms with Crippen LogP contribution in [0.2, 0.25) is 0 Å². The van der Waals surface area contributed by atoms with Gasteiger partial charge in [0.1, 0.15) is 5.82 Å². The molecule has 2 heterocycles. The lowest BCUT2D eigenvalue weighted by molar-refractivity contribution is 0.102. The third kappa shape index (κ3) is 2.86. The topological polar surface area (TPSA) is 64.0 Å². The van der Waals surface area contributed by atoms with E-state index in [1.165, 1.54) is 0 Å². The van der Waals surface area contributed by atoms with Crippen LogP contribution in [-0.4, -0.2) is 19.9 Å². The second-order valence-electron chi connectivity index (χ2n) is 6.47. The van der Waals surface area contributed by atoms with Crippen molar-refractivity contribution in [2.75, 3.05) is 5.32 Å². The van der Waals surface area contributed by atoms with Crippen molar-refractivity contribution in [3.8, 4) is 5.69 Å². The summed E-state index contributed by atoms with van der Waals surface area (Å²) < 4.78 is 13.8. The quantitative estimate of drug-likeness (QED) is 0.773. The second kappa shape index (κ2) is 6.53. The van der Waals surface area contributed by atoms with Crippen LogP contribution in [0.15, 0.2) is 48.5 Å². The number of aromatic nitrogens is 2. The van der Waals surface area contributed by atoms with Crippen LogP contribution in [0.25, 0.3) is 5.69 Å². The maximum atomic E-state index is 12.9. The van der Waals surface area contributed by atoms with Crippen LogP contribution in [0, 0.1) is 13.8 Å². The van der Waals surface area contributed by atoms with Gasteiger partial charge in [-0.05, 0) is 37.1 Å². The summed E-state index contributed by atoms with van der Waals surface area (Å²) in [7, 11) is -0.959. The molecule has 26 heavy (non-hydrogen) atoms. The highest BCUT2D eigenvalue weighted by atomic mass is 32.2. The molecule has 1 aliphatic heterocycles. The number of fused-ring (bicyclic) bond motifs is 1. The smallest absolute Gasteiger partial charge is 0.257 e. The van der Waals surface area contributed by atoms with Gasteiger partial charge in [-0.25, -0.2) is 4.68 Å². The number of carbonyl (C=O) groups is 1. The molecule has 5 nitrogen and oxygen atoms in total. The maximum absolute atomic E-state index is 12.9. The molecule has 4 rings (SSSR count). The van der Waals surface area contributed by atoms with E-state index in [0.29, 0.717) is 22.9 Å². The predicted octanol–water partition coefficient (Wildman–Crippen LogP) is 3.50. The van der Waals surface area contributed by atoms with Crippen molar-refractivity contribution in [3.05, 3.63) is 76.5 Å². The SMILES string of the molecule is Cc1ccccc1C(=O)Nc1c2c(nn1-c1ccccc1C)C[S@@](=O)C2. The van der Waals surface area contributed by atoms with E-state index in [-0.39, 0.29) is 5.91 Å². The van der Waals surface area contributed by atoms with Crippen molar-refractivity contribution in [2.24, 2.45) is 0 Å². The molecule has 0 fully saturated rings. The van der Waals surface area contributed by atoms with Crippen molar-refractivity contribution in [2.45, 2.75) is 25.4 Å². The Morgan fingerprint density at radius 3 is 2.46 bits per heavy atom. The highest BCUT2D eigenvalue weighted by Crippen LogP contribution is 2.32. The summed E-state index contributed by atoms with van der Waals surface area (Å²) in [6.07, 6.45) is 0. The van der Waals surface area contributed by atoms with Crippen LogP contribution >= 0.6 is 0 Å². The van der Waals surface area contributed by atoms with Gasteiger partial charge >= 0.3 is 0 Å². The minimum atomic E-state index is -0.959. The lowest BCUT2D eigenvalue weighted by Crippen LogP contribution is -2.17. The van der Waals surface area contributed by atoms with Gasteiger partial charge in [0, 0.05) is 21.9 Å². The lowest BCUT2D eigenvalue weighted by Gasteiger charge is -2.13. The summed E-state index contributed by atoms with van der Waals surface area (Å²) in [5.41, 5.74) is 5.17. The first kappa shape index (κ1) is 16.7. The molecule has 0 saturated heterocycles. The fourth-order valence-electron chi connectivity index (χ4n) is 3.23. The van der Waals surface area contributed by atoms with Gasteiger partial charge in [-0.1, -0.05) is 36.4 Å². The van der Waals surface area contributed by atoms with E-state index in [0.717, 1.165) is 28.1 Å². The Kier molecular flexibility index (Phi) is 4.20. The zero-order valence-electron chi connectivity index (χ0n) is 14.7. The van der Waals surface area contributed by atoms with Crippen LogP contribution in [0.1, 0.15) is 32.7 Å². The third-order valence-electron chi connectivity index (χ3n) is 4.64. The minimum Gasteiger partial charge on any atom is -0.306 e. The van der Waals surface area contributed by atoms with Gasteiger partial charge in [-0.2, -0.15) is 5.10 Å². The molecule has 1 aliphatic rings.